The van der Waals surface area contributed by atoms with E-state index in [2.05, 4.69) is 41.5 Å². The summed E-state index contributed by atoms with van der Waals surface area (Å²) in [7, 11) is 2.20. The van der Waals surface area contributed by atoms with Gasteiger partial charge in [0.15, 0.2) is 0 Å². The zero-order valence-corrected chi connectivity index (χ0v) is 10.3. The van der Waals surface area contributed by atoms with Crippen LogP contribution in [0.3, 0.4) is 0 Å². The number of likely N-dealkylation sites (N-methyl/N-ethyl adjacent to an activating group) is 1. The molecule has 2 heterocycles. The van der Waals surface area contributed by atoms with Crippen LogP contribution in [-0.4, -0.2) is 43.0 Å². The highest BCUT2D eigenvalue weighted by Gasteiger charge is 2.38. The van der Waals surface area contributed by atoms with Crippen molar-refractivity contribution in [2.45, 2.75) is 18.4 Å². The van der Waals surface area contributed by atoms with Gasteiger partial charge in [0.05, 0.1) is 12.1 Å². The smallest absolute Gasteiger partial charge is 0.128 e. The average Bonchev–Trinajstić information content (AvgIpc) is 2.74. The number of likely N-dealkylation sites (tertiary alicyclic amines) is 1. The van der Waals surface area contributed by atoms with Gasteiger partial charge in [-0.3, -0.25) is 4.99 Å². The van der Waals surface area contributed by atoms with Gasteiger partial charge in [0.25, 0.3) is 0 Å². The molecule has 90 valence electrons. The van der Waals surface area contributed by atoms with Crippen LogP contribution < -0.4 is 5.32 Å². The second kappa shape index (κ2) is 4.15. The molecule has 1 aromatic rings. The third-order valence-corrected chi connectivity index (χ3v) is 3.74. The maximum Gasteiger partial charge on any atom is 0.128 e. The fraction of sp³-hybridized carbons (Fsp3) is 0.500. The van der Waals surface area contributed by atoms with Crippen LogP contribution >= 0.6 is 0 Å². The molecule has 3 rings (SSSR count). The Morgan fingerprint density at radius 3 is 2.88 bits per heavy atom. The van der Waals surface area contributed by atoms with Crippen LogP contribution in [0.25, 0.3) is 0 Å². The lowest BCUT2D eigenvalue weighted by Crippen LogP contribution is -2.56. The Labute approximate surface area is 103 Å². The van der Waals surface area contributed by atoms with Crippen LogP contribution in [0.2, 0.25) is 0 Å². The van der Waals surface area contributed by atoms with E-state index in [0.717, 1.165) is 18.9 Å². The predicted molar refractivity (Wildman–Crippen MR) is 70.4 cm³/mol. The summed E-state index contributed by atoms with van der Waals surface area (Å²) < 4.78 is 0. The van der Waals surface area contributed by atoms with Crippen LogP contribution in [-0.2, 0) is 0 Å². The minimum Gasteiger partial charge on any atom is -0.361 e. The number of hydrogen-bond donors (Lipinski definition) is 1. The molecule has 1 aromatic carbocycles. The number of nitrogens with one attached hydrogen (secondary N) is 1. The molecule has 0 aliphatic carbocycles. The standard InChI is InChI=1S/C14H19N3/c1-17-9-5-8-14(11-17)10-15-13(16-14)12-6-3-2-4-7-12/h2-4,6-7H,5,8-11H2,1H3,(H,15,16). The van der Waals surface area contributed by atoms with Crippen LogP contribution in [0.5, 0.6) is 0 Å². The Hall–Kier alpha value is -1.35. The van der Waals surface area contributed by atoms with Crippen molar-refractivity contribution in [1.29, 1.82) is 0 Å². The summed E-state index contributed by atoms with van der Waals surface area (Å²) >= 11 is 0. The lowest BCUT2D eigenvalue weighted by Gasteiger charge is -2.38. The van der Waals surface area contributed by atoms with E-state index in [-0.39, 0.29) is 5.54 Å². The van der Waals surface area contributed by atoms with Crippen molar-refractivity contribution in [2.24, 2.45) is 4.99 Å². The van der Waals surface area contributed by atoms with Crippen molar-refractivity contribution in [3.05, 3.63) is 35.9 Å². The first-order valence-electron chi connectivity index (χ1n) is 6.34. The maximum absolute atomic E-state index is 4.70. The summed E-state index contributed by atoms with van der Waals surface area (Å²) in [5, 5.41) is 3.66. The fourth-order valence-corrected chi connectivity index (χ4v) is 2.91. The van der Waals surface area contributed by atoms with E-state index in [0.29, 0.717) is 0 Å². The first kappa shape index (κ1) is 10.8. The van der Waals surface area contributed by atoms with E-state index in [1.54, 1.807) is 0 Å². The Morgan fingerprint density at radius 2 is 2.12 bits per heavy atom. The van der Waals surface area contributed by atoms with Crippen molar-refractivity contribution in [3.63, 3.8) is 0 Å². The normalized spacial score (nSPS) is 29.1. The third-order valence-electron chi connectivity index (χ3n) is 3.74. The molecule has 1 unspecified atom stereocenters. The zero-order chi connectivity index (χ0) is 11.7. The van der Waals surface area contributed by atoms with Crippen LogP contribution in [0.4, 0.5) is 0 Å². The Kier molecular flexibility index (Phi) is 2.63. The first-order valence-corrected chi connectivity index (χ1v) is 6.34. The van der Waals surface area contributed by atoms with E-state index in [4.69, 9.17) is 4.99 Å². The predicted octanol–water partition coefficient (Wildman–Crippen LogP) is 1.50. The molecule has 1 fully saturated rings. The quantitative estimate of drug-likeness (QED) is 0.790. The molecule has 1 atom stereocenters. The highest BCUT2D eigenvalue weighted by molar-refractivity contribution is 6.00. The van der Waals surface area contributed by atoms with Gasteiger partial charge in [-0.25, -0.2) is 0 Å². The van der Waals surface area contributed by atoms with E-state index >= 15 is 0 Å². The van der Waals surface area contributed by atoms with E-state index in [1.165, 1.54) is 24.9 Å². The number of benzene rings is 1. The number of rotatable bonds is 1. The summed E-state index contributed by atoms with van der Waals surface area (Å²) in [6.45, 7) is 3.23. The highest BCUT2D eigenvalue weighted by Crippen LogP contribution is 2.25. The SMILES string of the molecule is CN1CCCC2(CN=C(c3ccccc3)N2)C1. The summed E-state index contributed by atoms with van der Waals surface area (Å²) in [6, 6.07) is 10.4. The number of hydrogen-bond acceptors (Lipinski definition) is 3. The van der Waals surface area contributed by atoms with Gasteiger partial charge in [-0.05, 0) is 26.4 Å². The Morgan fingerprint density at radius 1 is 1.29 bits per heavy atom. The molecule has 17 heavy (non-hydrogen) atoms. The highest BCUT2D eigenvalue weighted by atomic mass is 15.2. The molecule has 1 N–H and O–H groups in total. The second-order valence-corrected chi connectivity index (χ2v) is 5.28. The van der Waals surface area contributed by atoms with Crippen LogP contribution in [0.1, 0.15) is 18.4 Å². The van der Waals surface area contributed by atoms with Gasteiger partial charge in [0, 0.05) is 12.1 Å². The molecule has 3 heteroatoms. The number of nitrogens with zero attached hydrogens (tertiary/aromatic N) is 2. The van der Waals surface area contributed by atoms with E-state index in [1.807, 2.05) is 6.07 Å². The largest absolute Gasteiger partial charge is 0.361 e. The fourth-order valence-electron chi connectivity index (χ4n) is 2.91. The van der Waals surface area contributed by atoms with Crippen molar-refractivity contribution in [2.75, 3.05) is 26.7 Å². The summed E-state index contributed by atoms with van der Waals surface area (Å²) in [5.74, 6) is 1.07. The Bertz CT molecular complexity index is 426. The average molecular weight is 229 g/mol. The molecule has 0 aromatic heterocycles. The van der Waals surface area contributed by atoms with Gasteiger partial charge in [0.1, 0.15) is 5.84 Å². The molecular weight excluding hydrogens is 210 g/mol. The molecule has 1 spiro atoms. The minimum atomic E-state index is 0.193. The van der Waals surface area contributed by atoms with Gasteiger partial charge in [-0.15, -0.1) is 0 Å². The van der Waals surface area contributed by atoms with Crippen LogP contribution in [0, 0.1) is 0 Å². The molecule has 2 aliphatic rings. The first-order chi connectivity index (χ1) is 8.27. The number of amidine groups is 1. The molecule has 2 aliphatic heterocycles. The van der Waals surface area contributed by atoms with E-state index in [9.17, 15) is 0 Å². The zero-order valence-electron chi connectivity index (χ0n) is 10.3. The van der Waals surface area contributed by atoms with Crippen molar-refractivity contribution in [1.82, 2.24) is 10.2 Å². The van der Waals surface area contributed by atoms with Gasteiger partial charge in [0.2, 0.25) is 0 Å². The Balaban J connectivity index is 1.76. The lowest BCUT2D eigenvalue weighted by atomic mass is 9.90. The monoisotopic (exact) mass is 229 g/mol. The molecule has 0 bridgehead atoms. The molecule has 3 nitrogen and oxygen atoms in total. The summed E-state index contributed by atoms with van der Waals surface area (Å²) in [6.07, 6.45) is 2.50. The van der Waals surface area contributed by atoms with Gasteiger partial charge in [-0.1, -0.05) is 30.3 Å². The van der Waals surface area contributed by atoms with Crippen LogP contribution in [0.15, 0.2) is 35.3 Å². The molecule has 0 radical (unpaired) electrons. The van der Waals surface area contributed by atoms with Gasteiger partial charge >= 0.3 is 0 Å². The van der Waals surface area contributed by atoms with Crippen molar-refractivity contribution < 1.29 is 0 Å². The lowest BCUT2D eigenvalue weighted by molar-refractivity contribution is 0.175. The van der Waals surface area contributed by atoms with Gasteiger partial charge in [-0.2, -0.15) is 0 Å². The molecule has 0 saturated carbocycles. The number of piperidine rings is 1. The van der Waals surface area contributed by atoms with Crippen molar-refractivity contribution in [3.8, 4) is 0 Å². The molecule has 1 saturated heterocycles. The maximum atomic E-state index is 4.70. The topological polar surface area (TPSA) is 27.6 Å². The summed E-state index contributed by atoms with van der Waals surface area (Å²) in [5.41, 5.74) is 1.40. The van der Waals surface area contributed by atoms with E-state index < -0.39 is 0 Å². The molecular formula is C14H19N3. The number of aliphatic imine (C=N–C) groups is 1. The second-order valence-electron chi connectivity index (χ2n) is 5.28. The van der Waals surface area contributed by atoms with Gasteiger partial charge < -0.3 is 10.2 Å². The van der Waals surface area contributed by atoms with Crippen molar-refractivity contribution >= 4 is 5.84 Å². The third kappa shape index (κ3) is 2.07. The summed E-state index contributed by atoms with van der Waals surface area (Å²) in [4.78, 5) is 7.10. The molecule has 0 amide bonds. The minimum absolute atomic E-state index is 0.193.